The summed E-state index contributed by atoms with van der Waals surface area (Å²) in [7, 11) is 0. The van der Waals surface area contributed by atoms with Crippen molar-refractivity contribution in [2.24, 2.45) is 0 Å². The molecule has 112 valence electrons. The number of benzene rings is 1. The van der Waals surface area contributed by atoms with E-state index in [-0.39, 0.29) is 0 Å². The molecule has 1 heterocycles. The van der Waals surface area contributed by atoms with Crippen molar-refractivity contribution >= 4 is 5.82 Å². The fraction of sp³-hybridized carbons (Fsp3) is 0.412. The Morgan fingerprint density at radius 2 is 1.90 bits per heavy atom. The van der Waals surface area contributed by atoms with Gasteiger partial charge in [0, 0.05) is 18.2 Å². The van der Waals surface area contributed by atoms with Gasteiger partial charge in [-0.25, -0.2) is 9.97 Å². The molecule has 0 fully saturated rings. The van der Waals surface area contributed by atoms with Gasteiger partial charge in [0.25, 0.3) is 0 Å². The number of nitrogens with one attached hydrogen (secondary N) is 1. The highest BCUT2D eigenvalue weighted by Crippen LogP contribution is 2.29. The highest BCUT2D eigenvalue weighted by Gasteiger charge is 2.09. The zero-order valence-electron chi connectivity index (χ0n) is 13.0. The van der Waals surface area contributed by atoms with E-state index in [4.69, 9.17) is 4.74 Å². The summed E-state index contributed by atoms with van der Waals surface area (Å²) in [4.78, 5) is 8.98. The van der Waals surface area contributed by atoms with Crippen molar-refractivity contribution in [2.75, 3.05) is 18.5 Å². The summed E-state index contributed by atoms with van der Waals surface area (Å²) in [6.07, 6.45) is 2.05. The highest BCUT2D eigenvalue weighted by atomic mass is 16.5. The first-order valence-corrected chi connectivity index (χ1v) is 7.56. The van der Waals surface area contributed by atoms with Crippen LogP contribution in [0, 0.1) is 6.92 Å². The fourth-order valence-corrected chi connectivity index (χ4v) is 2.07. The minimum absolute atomic E-state index is 0.710. The number of ether oxygens (including phenoxy) is 1. The second-order valence-electron chi connectivity index (χ2n) is 4.96. The lowest BCUT2D eigenvalue weighted by Crippen LogP contribution is -2.05. The van der Waals surface area contributed by atoms with Crippen LogP contribution in [-0.4, -0.2) is 23.1 Å². The standard InChI is InChI=1S/C17H23N3O/c1-4-10-18-17-12-15(19-13(3)20-17)14-8-6-7-9-16(14)21-11-5-2/h6-9,12H,4-5,10-11H2,1-3H3,(H,18,19,20). The molecule has 0 saturated heterocycles. The van der Waals surface area contributed by atoms with E-state index >= 15 is 0 Å². The van der Waals surface area contributed by atoms with Gasteiger partial charge in [-0.1, -0.05) is 26.0 Å². The first-order valence-electron chi connectivity index (χ1n) is 7.56. The van der Waals surface area contributed by atoms with Crippen LogP contribution in [0.5, 0.6) is 5.75 Å². The summed E-state index contributed by atoms with van der Waals surface area (Å²) in [5.41, 5.74) is 1.91. The predicted octanol–water partition coefficient (Wildman–Crippen LogP) is 4.06. The molecule has 0 aliphatic rings. The Morgan fingerprint density at radius 1 is 1.10 bits per heavy atom. The molecular weight excluding hydrogens is 262 g/mol. The highest BCUT2D eigenvalue weighted by molar-refractivity contribution is 5.69. The lowest BCUT2D eigenvalue weighted by Gasteiger charge is -2.12. The number of para-hydroxylation sites is 1. The van der Waals surface area contributed by atoms with E-state index in [1.54, 1.807) is 0 Å². The van der Waals surface area contributed by atoms with Crippen LogP contribution in [0.1, 0.15) is 32.5 Å². The molecule has 4 heteroatoms. The van der Waals surface area contributed by atoms with E-state index in [9.17, 15) is 0 Å². The van der Waals surface area contributed by atoms with E-state index in [0.29, 0.717) is 6.61 Å². The Balaban J connectivity index is 2.34. The van der Waals surface area contributed by atoms with E-state index in [0.717, 1.165) is 48.0 Å². The van der Waals surface area contributed by atoms with Crippen LogP contribution in [0.3, 0.4) is 0 Å². The van der Waals surface area contributed by atoms with Gasteiger partial charge in [-0.15, -0.1) is 0 Å². The predicted molar refractivity (Wildman–Crippen MR) is 86.8 cm³/mol. The van der Waals surface area contributed by atoms with Gasteiger partial charge in [0.1, 0.15) is 17.4 Å². The average Bonchev–Trinajstić information content (AvgIpc) is 2.50. The van der Waals surface area contributed by atoms with E-state index < -0.39 is 0 Å². The Kier molecular flexibility index (Phi) is 5.55. The topological polar surface area (TPSA) is 47.0 Å². The van der Waals surface area contributed by atoms with Crippen molar-refractivity contribution in [1.29, 1.82) is 0 Å². The molecule has 2 aromatic rings. The van der Waals surface area contributed by atoms with Gasteiger partial charge in [-0.3, -0.25) is 0 Å². The van der Waals surface area contributed by atoms with Crippen LogP contribution in [0.25, 0.3) is 11.3 Å². The SMILES string of the molecule is CCCNc1cc(-c2ccccc2OCCC)nc(C)n1. The molecule has 1 aromatic heterocycles. The third-order valence-corrected chi connectivity index (χ3v) is 3.02. The molecule has 0 spiro atoms. The van der Waals surface area contributed by atoms with Crippen molar-refractivity contribution in [1.82, 2.24) is 9.97 Å². The molecule has 21 heavy (non-hydrogen) atoms. The summed E-state index contributed by atoms with van der Waals surface area (Å²) >= 11 is 0. The monoisotopic (exact) mass is 285 g/mol. The first-order chi connectivity index (χ1) is 10.2. The number of hydrogen-bond donors (Lipinski definition) is 1. The molecule has 1 N–H and O–H groups in total. The Labute approximate surface area is 126 Å². The fourth-order valence-electron chi connectivity index (χ4n) is 2.07. The first kappa shape index (κ1) is 15.3. The van der Waals surface area contributed by atoms with E-state index in [2.05, 4.69) is 29.1 Å². The molecular formula is C17H23N3O. The van der Waals surface area contributed by atoms with Crippen LogP contribution in [0.4, 0.5) is 5.82 Å². The second-order valence-corrected chi connectivity index (χ2v) is 4.96. The summed E-state index contributed by atoms with van der Waals surface area (Å²) in [5, 5.41) is 3.32. The molecule has 0 saturated carbocycles. The molecule has 0 bridgehead atoms. The molecule has 1 aromatic carbocycles. The number of nitrogens with zero attached hydrogens (tertiary/aromatic N) is 2. The zero-order valence-corrected chi connectivity index (χ0v) is 13.0. The second kappa shape index (κ2) is 7.62. The van der Waals surface area contributed by atoms with Crippen molar-refractivity contribution in [3.63, 3.8) is 0 Å². The summed E-state index contributed by atoms with van der Waals surface area (Å²) < 4.78 is 5.82. The van der Waals surface area contributed by atoms with Crippen molar-refractivity contribution in [3.8, 4) is 17.0 Å². The van der Waals surface area contributed by atoms with Crippen LogP contribution in [0.2, 0.25) is 0 Å². The van der Waals surface area contributed by atoms with Gasteiger partial charge in [0.05, 0.1) is 12.3 Å². The third kappa shape index (κ3) is 4.18. The normalized spacial score (nSPS) is 10.4. The number of anilines is 1. The molecule has 4 nitrogen and oxygen atoms in total. The lowest BCUT2D eigenvalue weighted by molar-refractivity contribution is 0.318. The number of aryl methyl sites for hydroxylation is 1. The van der Waals surface area contributed by atoms with Crippen LogP contribution >= 0.6 is 0 Å². The summed E-state index contributed by atoms with van der Waals surface area (Å²) in [6.45, 7) is 7.77. The molecule has 0 aliphatic heterocycles. The minimum atomic E-state index is 0.710. The van der Waals surface area contributed by atoms with Crippen LogP contribution < -0.4 is 10.1 Å². The van der Waals surface area contributed by atoms with Gasteiger partial charge in [-0.05, 0) is 31.9 Å². The Bertz CT molecular complexity index is 584. The number of aromatic nitrogens is 2. The smallest absolute Gasteiger partial charge is 0.130 e. The molecule has 0 aliphatic carbocycles. The molecule has 0 atom stereocenters. The minimum Gasteiger partial charge on any atom is -0.493 e. The van der Waals surface area contributed by atoms with Gasteiger partial charge < -0.3 is 10.1 Å². The maximum Gasteiger partial charge on any atom is 0.130 e. The van der Waals surface area contributed by atoms with Crippen LogP contribution in [0.15, 0.2) is 30.3 Å². The van der Waals surface area contributed by atoms with E-state index in [1.807, 2.05) is 37.3 Å². The largest absolute Gasteiger partial charge is 0.493 e. The zero-order chi connectivity index (χ0) is 15.1. The van der Waals surface area contributed by atoms with Crippen molar-refractivity contribution in [3.05, 3.63) is 36.2 Å². The van der Waals surface area contributed by atoms with Gasteiger partial charge >= 0.3 is 0 Å². The third-order valence-electron chi connectivity index (χ3n) is 3.02. The van der Waals surface area contributed by atoms with Crippen molar-refractivity contribution < 1.29 is 4.74 Å². The van der Waals surface area contributed by atoms with Gasteiger partial charge in [0.15, 0.2) is 0 Å². The summed E-state index contributed by atoms with van der Waals surface area (Å²) in [5.74, 6) is 2.50. The maximum absolute atomic E-state index is 5.82. The van der Waals surface area contributed by atoms with Gasteiger partial charge in [0.2, 0.25) is 0 Å². The molecule has 2 rings (SSSR count). The lowest BCUT2D eigenvalue weighted by atomic mass is 10.1. The summed E-state index contributed by atoms with van der Waals surface area (Å²) in [6, 6.07) is 10.00. The average molecular weight is 285 g/mol. The van der Waals surface area contributed by atoms with Gasteiger partial charge in [-0.2, -0.15) is 0 Å². The Hall–Kier alpha value is -2.10. The quantitative estimate of drug-likeness (QED) is 0.833. The molecule has 0 unspecified atom stereocenters. The van der Waals surface area contributed by atoms with Crippen LogP contribution in [-0.2, 0) is 0 Å². The number of rotatable bonds is 7. The Morgan fingerprint density at radius 3 is 2.67 bits per heavy atom. The maximum atomic E-state index is 5.82. The van der Waals surface area contributed by atoms with E-state index in [1.165, 1.54) is 0 Å². The molecule has 0 amide bonds. The van der Waals surface area contributed by atoms with Crippen molar-refractivity contribution in [2.45, 2.75) is 33.6 Å². The number of hydrogen-bond acceptors (Lipinski definition) is 4. The molecule has 0 radical (unpaired) electrons.